The number of benzene rings is 1. The largest absolute Gasteiger partial charge is 0.497 e. The van der Waals surface area contributed by atoms with Crippen LogP contribution in [0.5, 0.6) is 5.75 Å². The summed E-state index contributed by atoms with van der Waals surface area (Å²) in [7, 11) is 1.28. The Balaban J connectivity index is 1.60. The maximum absolute atomic E-state index is 14.5. The molecule has 2 heterocycles. The Morgan fingerprint density at radius 1 is 1.11 bits per heavy atom. The molecule has 1 saturated carbocycles. The van der Waals surface area contributed by atoms with Crippen LogP contribution in [0.2, 0.25) is 0 Å². The van der Waals surface area contributed by atoms with Crippen LogP contribution in [0.25, 0.3) is 11.3 Å². The molecule has 0 spiro atoms. The number of hydrogen-bond donors (Lipinski definition) is 1. The fourth-order valence-corrected chi connectivity index (χ4v) is 4.77. The molecule has 1 aliphatic rings. The van der Waals surface area contributed by atoms with Crippen molar-refractivity contribution in [3.63, 3.8) is 0 Å². The molecule has 10 heteroatoms. The predicted octanol–water partition coefficient (Wildman–Crippen LogP) is 5.63. The predicted molar refractivity (Wildman–Crippen MR) is 123 cm³/mol. The number of nitrogens with zero attached hydrogens (tertiary/aromatic N) is 2. The summed E-state index contributed by atoms with van der Waals surface area (Å²) in [5.74, 6) is -4.26. The van der Waals surface area contributed by atoms with E-state index in [-0.39, 0.29) is 36.4 Å². The number of carbonyl (C=O) groups is 1. The van der Waals surface area contributed by atoms with Gasteiger partial charge in [0.05, 0.1) is 24.3 Å². The quantitative estimate of drug-likeness (QED) is 0.347. The van der Waals surface area contributed by atoms with E-state index in [0.717, 1.165) is 12.1 Å². The molecule has 1 aliphatic carbocycles. The Bertz CT molecular complexity index is 1240. The number of nitrogens with two attached hydrogens (primary N) is 1. The number of pyridine rings is 2. The van der Waals surface area contributed by atoms with E-state index >= 15 is 0 Å². The molecule has 3 atom stereocenters. The molecule has 2 N–H and O–H groups in total. The van der Waals surface area contributed by atoms with E-state index in [2.05, 4.69) is 9.97 Å². The lowest BCUT2D eigenvalue weighted by Crippen LogP contribution is -2.38. The fourth-order valence-electron chi connectivity index (χ4n) is 4.77. The van der Waals surface area contributed by atoms with Gasteiger partial charge in [-0.05, 0) is 54.5 Å². The molecule has 0 saturated heterocycles. The van der Waals surface area contributed by atoms with Gasteiger partial charge >= 0.3 is 6.18 Å². The Kier molecular flexibility index (Phi) is 7.35. The molecule has 190 valence electrons. The highest BCUT2D eigenvalue weighted by Crippen LogP contribution is 2.44. The lowest BCUT2D eigenvalue weighted by Gasteiger charge is -2.35. The number of rotatable bonds is 6. The number of ketones is 1. The third-order valence-electron chi connectivity index (χ3n) is 6.48. The third kappa shape index (κ3) is 5.53. The van der Waals surface area contributed by atoms with Gasteiger partial charge < -0.3 is 10.5 Å². The highest BCUT2D eigenvalue weighted by atomic mass is 19.4. The smallest absolute Gasteiger partial charge is 0.391 e. The van der Waals surface area contributed by atoms with Gasteiger partial charge in [-0.15, -0.1) is 0 Å². The molecule has 4 rings (SSSR count). The molecule has 3 aromatic rings. The van der Waals surface area contributed by atoms with Crippen LogP contribution in [0.3, 0.4) is 0 Å². The maximum Gasteiger partial charge on any atom is 0.391 e. The van der Waals surface area contributed by atoms with Crippen molar-refractivity contribution < 1.29 is 31.5 Å². The molecule has 36 heavy (non-hydrogen) atoms. The molecule has 1 fully saturated rings. The average Bonchev–Trinajstić information content (AvgIpc) is 2.83. The van der Waals surface area contributed by atoms with Gasteiger partial charge in [-0.1, -0.05) is 6.07 Å². The molecule has 0 bridgehead atoms. The van der Waals surface area contributed by atoms with Gasteiger partial charge in [0.15, 0.2) is 5.78 Å². The van der Waals surface area contributed by atoms with Crippen LogP contribution < -0.4 is 10.5 Å². The highest BCUT2D eigenvalue weighted by Gasteiger charge is 2.44. The summed E-state index contributed by atoms with van der Waals surface area (Å²) in [6, 6.07) is 7.28. The second-order valence-corrected chi connectivity index (χ2v) is 8.95. The van der Waals surface area contributed by atoms with Crippen molar-refractivity contribution in [3.05, 3.63) is 77.2 Å². The van der Waals surface area contributed by atoms with Gasteiger partial charge in [-0.2, -0.15) is 13.2 Å². The Morgan fingerprint density at radius 2 is 1.83 bits per heavy atom. The highest BCUT2D eigenvalue weighted by molar-refractivity contribution is 5.96. The van der Waals surface area contributed by atoms with Gasteiger partial charge in [0.1, 0.15) is 23.1 Å². The minimum Gasteiger partial charge on any atom is -0.497 e. The number of alkyl halides is 3. The van der Waals surface area contributed by atoms with Crippen LogP contribution in [0.1, 0.15) is 46.8 Å². The summed E-state index contributed by atoms with van der Waals surface area (Å²) in [5, 5.41) is 0. The van der Waals surface area contributed by atoms with Gasteiger partial charge in [0, 0.05) is 37.0 Å². The van der Waals surface area contributed by atoms with Crippen molar-refractivity contribution in [1.29, 1.82) is 0 Å². The number of hydrogen-bond acceptors (Lipinski definition) is 5. The van der Waals surface area contributed by atoms with Crippen molar-refractivity contribution in [2.75, 3.05) is 7.11 Å². The first-order valence-corrected chi connectivity index (χ1v) is 11.4. The summed E-state index contributed by atoms with van der Waals surface area (Å²) in [6.07, 6.45) is -1.50. The van der Waals surface area contributed by atoms with E-state index < -0.39 is 47.0 Å². The SMILES string of the molecule is COc1cc(F)c(-c2cccc(C(=O)Cc3cnccc3[C@H]3C[C@@H](N)C[C@@H](C(F)(F)F)C3)n2)c(F)c1. The first kappa shape index (κ1) is 25.7. The minimum atomic E-state index is -4.35. The standard InChI is InChI=1S/C26H24F5N3O2/c1-36-18-11-20(27)25(21(28)12-18)23-4-2-3-22(34-23)24(35)9-15-13-33-6-5-19(15)14-7-16(26(29,30)31)10-17(32)8-14/h2-6,11-14,16-17H,7-10,32H2,1H3/t14-,16+,17-/m1/s1. The number of Topliss-reactive ketones (excluding diaryl/α,β-unsaturated/α-hetero) is 1. The van der Waals surface area contributed by atoms with E-state index in [0.29, 0.717) is 17.5 Å². The number of carbonyl (C=O) groups excluding carboxylic acids is 1. The number of methoxy groups -OCH3 is 1. The van der Waals surface area contributed by atoms with Crippen molar-refractivity contribution in [1.82, 2.24) is 9.97 Å². The van der Waals surface area contributed by atoms with Crippen molar-refractivity contribution in [3.8, 4) is 17.0 Å². The van der Waals surface area contributed by atoms with E-state index in [1.54, 1.807) is 6.07 Å². The number of ether oxygens (including phenoxy) is 1. The maximum atomic E-state index is 14.5. The lowest BCUT2D eigenvalue weighted by molar-refractivity contribution is -0.184. The molecule has 0 aliphatic heterocycles. The van der Waals surface area contributed by atoms with Crippen molar-refractivity contribution >= 4 is 5.78 Å². The van der Waals surface area contributed by atoms with E-state index in [9.17, 15) is 26.7 Å². The first-order chi connectivity index (χ1) is 17.1. The number of halogens is 5. The normalized spacial score (nSPS) is 20.2. The van der Waals surface area contributed by atoms with Gasteiger partial charge in [0.25, 0.3) is 0 Å². The van der Waals surface area contributed by atoms with Gasteiger partial charge in [0.2, 0.25) is 0 Å². The van der Waals surface area contributed by atoms with Crippen LogP contribution in [0.15, 0.2) is 48.8 Å². The summed E-state index contributed by atoms with van der Waals surface area (Å²) in [5.41, 5.74) is 6.49. The summed E-state index contributed by atoms with van der Waals surface area (Å²) in [4.78, 5) is 21.3. The zero-order valence-electron chi connectivity index (χ0n) is 19.4. The molecular formula is C26H24F5N3O2. The summed E-state index contributed by atoms with van der Waals surface area (Å²) in [6.45, 7) is 0. The van der Waals surface area contributed by atoms with Crippen LogP contribution in [0.4, 0.5) is 22.0 Å². The van der Waals surface area contributed by atoms with Crippen molar-refractivity contribution in [2.24, 2.45) is 11.7 Å². The number of aromatic nitrogens is 2. The zero-order valence-corrected chi connectivity index (χ0v) is 19.4. The Morgan fingerprint density at radius 3 is 2.50 bits per heavy atom. The minimum absolute atomic E-state index is 0.000260. The third-order valence-corrected chi connectivity index (χ3v) is 6.48. The molecule has 5 nitrogen and oxygen atoms in total. The van der Waals surface area contributed by atoms with Crippen LogP contribution in [0, 0.1) is 17.6 Å². The Labute approximate surface area is 204 Å². The van der Waals surface area contributed by atoms with Crippen LogP contribution in [-0.4, -0.2) is 35.1 Å². The van der Waals surface area contributed by atoms with Crippen LogP contribution >= 0.6 is 0 Å². The summed E-state index contributed by atoms with van der Waals surface area (Å²) >= 11 is 0. The van der Waals surface area contributed by atoms with Crippen LogP contribution in [-0.2, 0) is 6.42 Å². The molecule has 1 aromatic carbocycles. The Hall–Kier alpha value is -3.40. The molecule has 0 unspecified atom stereocenters. The lowest BCUT2D eigenvalue weighted by atomic mass is 9.74. The van der Waals surface area contributed by atoms with Gasteiger partial charge in [-0.3, -0.25) is 9.78 Å². The first-order valence-electron chi connectivity index (χ1n) is 11.4. The second kappa shape index (κ2) is 10.3. The molecule has 0 radical (unpaired) electrons. The van der Waals surface area contributed by atoms with E-state index in [4.69, 9.17) is 10.5 Å². The summed E-state index contributed by atoms with van der Waals surface area (Å²) < 4.78 is 74.2. The monoisotopic (exact) mass is 505 g/mol. The molecular weight excluding hydrogens is 481 g/mol. The zero-order chi connectivity index (χ0) is 26.0. The van der Waals surface area contributed by atoms with E-state index in [1.165, 1.54) is 37.7 Å². The average molecular weight is 505 g/mol. The second-order valence-electron chi connectivity index (χ2n) is 8.95. The van der Waals surface area contributed by atoms with Crippen molar-refractivity contribution in [2.45, 2.75) is 43.8 Å². The van der Waals surface area contributed by atoms with Gasteiger partial charge in [-0.25, -0.2) is 13.8 Å². The fraction of sp³-hybridized carbons (Fsp3) is 0.346. The molecule has 0 amide bonds. The molecule has 2 aromatic heterocycles. The topological polar surface area (TPSA) is 78.1 Å². The van der Waals surface area contributed by atoms with E-state index in [1.807, 2.05) is 0 Å².